The fourth-order valence-corrected chi connectivity index (χ4v) is 2.88. The zero-order chi connectivity index (χ0) is 15.6. The number of halogens is 2. The fourth-order valence-electron chi connectivity index (χ4n) is 2.88. The number of aromatic nitrogens is 1. The van der Waals surface area contributed by atoms with Crippen molar-refractivity contribution >= 4 is 36.5 Å². The Morgan fingerprint density at radius 1 is 1.17 bits per heavy atom. The van der Waals surface area contributed by atoms with Gasteiger partial charge in [-0.2, -0.15) is 0 Å². The van der Waals surface area contributed by atoms with Gasteiger partial charge in [0.1, 0.15) is 5.82 Å². The molecule has 2 heterocycles. The first-order valence-electron chi connectivity index (χ1n) is 8.45. The van der Waals surface area contributed by atoms with Crippen LogP contribution in [0, 0.1) is 0 Å². The monoisotopic (exact) mass is 376 g/mol. The lowest BCUT2D eigenvalue weighted by molar-refractivity contribution is -0.122. The first kappa shape index (κ1) is 23.0. The van der Waals surface area contributed by atoms with E-state index in [2.05, 4.69) is 15.2 Å². The van der Waals surface area contributed by atoms with Crippen LogP contribution in [-0.4, -0.2) is 36.6 Å². The number of carbonyl (C=O) groups excluding carboxylic acids is 1. The molecule has 138 valence electrons. The second-order valence-electron chi connectivity index (χ2n) is 5.97. The van der Waals surface area contributed by atoms with Crippen LogP contribution >= 0.6 is 24.8 Å². The molecule has 2 rings (SSSR count). The van der Waals surface area contributed by atoms with E-state index in [4.69, 9.17) is 5.73 Å². The molecule has 1 amide bonds. The highest BCUT2D eigenvalue weighted by Crippen LogP contribution is 2.17. The van der Waals surface area contributed by atoms with Crippen LogP contribution in [0.3, 0.4) is 0 Å². The van der Waals surface area contributed by atoms with Crippen molar-refractivity contribution in [2.45, 2.75) is 51.0 Å². The Labute approximate surface area is 157 Å². The molecule has 7 heteroatoms. The summed E-state index contributed by atoms with van der Waals surface area (Å²) in [7, 11) is 0. The molecule has 1 aromatic heterocycles. The Morgan fingerprint density at radius 2 is 1.88 bits per heavy atom. The van der Waals surface area contributed by atoms with Crippen molar-refractivity contribution in [2.75, 3.05) is 24.5 Å². The van der Waals surface area contributed by atoms with Crippen LogP contribution in [-0.2, 0) is 4.79 Å². The molecule has 0 bridgehead atoms. The normalized spacial score (nSPS) is 14.5. The molecule has 5 nitrogen and oxygen atoms in total. The number of pyridine rings is 1. The SMILES string of the molecule is Cl.Cl.NCCCCCCC(=O)NC1CCN(c2ccccn2)CC1. The van der Waals surface area contributed by atoms with Gasteiger partial charge in [-0.15, -0.1) is 24.8 Å². The topological polar surface area (TPSA) is 71.2 Å². The molecular formula is C17H30Cl2N4O. The predicted octanol–water partition coefficient (Wildman–Crippen LogP) is 2.92. The van der Waals surface area contributed by atoms with Crippen molar-refractivity contribution in [1.82, 2.24) is 10.3 Å². The molecule has 0 aromatic carbocycles. The van der Waals surface area contributed by atoms with E-state index in [0.29, 0.717) is 12.5 Å². The maximum atomic E-state index is 11.9. The molecule has 1 aromatic rings. The third-order valence-corrected chi connectivity index (χ3v) is 4.19. The van der Waals surface area contributed by atoms with Gasteiger partial charge in [0.05, 0.1) is 0 Å². The highest BCUT2D eigenvalue weighted by molar-refractivity contribution is 5.85. The van der Waals surface area contributed by atoms with Crippen LogP contribution in [0.1, 0.15) is 44.9 Å². The van der Waals surface area contributed by atoms with Gasteiger partial charge in [0.25, 0.3) is 0 Å². The second-order valence-corrected chi connectivity index (χ2v) is 5.97. The van der Waals surface area contributed by atoms with E-state index in [0.717, 1.165) is 64.0 Å². The number of nitrogens with two attached hydrogens (primary N) is 1. The lowest BCUT2D eigenvalue weighted by Gasteiger charge is -2.33. The number of nitrogens with zero attached hydrogens (tertiary/aromatic N) is 2. The lowest BCUT2D eigenvalue weighted by Crippen LogP contribution is -2.44. The van der Waals surface area contributed by atoms with Gasteiger partial charge in [0.2, 0.25) is 5.91 Å². The van der Waals surface area contributed by atoms with Crippen molar-refractivity contribution in [3.63, 3.8) is 0 Å². The summed E-state index contributed by atoms with van der Waals surface area (Å²) in [5.74, 6) is 1.23. The summed E-state index contributed by atoms with van der Waals surface area (Å²) in [6, 6.07) is 6.31. The number of rotatable bonds is 8. The Hall–Kier alpha value is -1.04. The molecular weight excluding hydrogens is 347 g/mol. The number of amides is 1. The van der Waals surface area contributed by atoms with E-state index < -0.39 is 0 Å². The summed E-state index contributed by atoms with van der Waals surface area (Å²) < 4.78 is 0. The molecule has 0 atom stereocenters. The van der Waals surface area contributed by atoms with Gasteiger partial charge in [-0.3, -0.25) is 4.79 Å². The first-order chi connectivity index (χ1) is 10.8. The molecule has 1 fully saturated rings. The molecule has 24 heavy (non-hydrogen) atoms. The molecule has 3 N–H and O–H groups in total. The van der Waals surface area contributed by atoms with Crippen molar-refractivity contribution in [3.8, 4) is 0 Å². The average molecular weight is 377 g/mol. The molecule has 1 saturated heterocycles. The summed E-state index contributed by atoms with van der Waals surface area (Å²) >= 11 is 0. The fraction of sp³-hybridized carbons (Fsp3) is 0.647. The number of piperidine rings is 1. The van der Waals surface area contributed by atoms with Crippen molar-refractivity contribution in [3.05, 3.63) is 24.4 Å². The summed E-state index contributed by atoms with van der Waals surface area (Å²) in [4.78, 5) is 18.6. The van der Waals surface area contributed by atoms with Gasteiger partial charge in [-0.25, -0.2) is 4.98 Å². The summed E-state index contributed by atoms with van der Waals surface area (Å²) in [6.07, 6.45) is 8.73. The Kier molecular flexibility index (Phi) is 12.7. The zero-order valence-corrected chi connectivity index (χ0v) is 15.8. The van der Waals surface area contributed by atoms with Crippen molar-refractivity contribution < 1.29 is 4.79 Å². The highest BCUT2D eigenvalue weighted by atomic mass is 35.5. The maximum Gasteiger partial charge on any atom is 0.220 e. The van der Waals surface area contributed by atoms with Crippen molar-refractivity contribution in [1.29, 1.82) is 0 Å². The van der Waals surface area contributed by atoms with E-state index in [1.807, 2.05) is 24.4 Å². The van der Waals surface area contributed by atoms with E-state index in [-0.39, 0.29) is 30.7 Å². The predicted molar refractivity (Wildman–Crippen MR) is 104 cm³/mol. The molecule has 0 saturated carbocycles. The molecule has 1 aliphatic heterocycles. The van der Waals surface area contributed by atoms with Crippen LogP contribution in [0.2, 0.25) is 0 Å². The van der Waals surface area contributed by atoms with E-state index in [1.54, 1.807) is 0 Å². The van der Waals surface area contributed by atoms with Crippen LogP contribution in [0.5, 0.6) is 0 Å². The standard InChI is InChI=1S/C17H28N4O.2ClH/c18-11-5-2-1-3-8-17(22)20-15-9-13-21(14-10-15)16-7-4-6-12-19-16;;/h4,6-7,12,15H,1-3,5,8-11,13-14,18H2,(H,20,22);2*1H. The Balaban J connectivity index is 0.00000264. The van der Waals surface area contributed by atoms with Gasteiger partial charge < -0.3 is 16.0 Å². The van der Waals surface area contributed by atoms with Gasteiger partial charge in [-0.05, 0) is 44.4 Å². The van der Waals surface area contributed by atoms with Crippen LogP contribution in [0.15, 0.2) is 24.4 Å². The van der Waals surface area contributed by atoms with E-state index in [9.17, 15) is 4.79 Å². The summed E-state index contributed by atoms with van der Waals surface area (Å²) in [5.41, 5.74) is 5.46. The van der Waals surface area contributed by atoms with Crippen LogP contribution in [0.25, 0.3) is 0 Å². The molecule has 0 spiro atoms. The zero-order valence-electron chi connectivity index (χ0n) is 14.2. The number of anilines is 1. The number of hydrogen-bond donors (Lipinski definition) is 2. The van der Waals surface area contributed by atoms with E-state index in [1.165, 1.54) is 0 Å². The maximum absolute atomic E-state index is 11.9. The summed E-state index contributed by atoms with van der Waals surface area (Å²) in [5, 5.41) is 3.17. The minimum atomic E-state index is 0. The first-order valence-corrected chi connectivity index (χ1v) is 8.45. The minimum Gasteiger partial charge on any atom is -0.356 e. The molecule has 1 aliphatic rings. The molecule has 0 radical (unpaired) electrons. The number of unbranched alkanes of at least 4 members (excludes halogenated alkanes) is 3. The van der Waals surface area contributed by atoms with Gasteiger partial charge in [0.15, 0.2) is 0 Å². The summed E-state index contributed by atoms with van der Waals surface area (Å²) in [6.45, 7) is 2.66. The van der Waals surface area contributed by atoms with E-state index >= 15 is 0 Å². The van der Waals surface area contributed by atoms with Gasteiger partial charge in [0, 0.05) is 31.7 Å². The highest BCUT2D eigenvalue weighted by Gasteiger charge is 2.21. The number of carbonyl (C=O) groups is 1. The van der Waals surface area contributed by atoms with Gasteiger partial charge in [-0.1, -0.05) is 18.9 Å². The number of hydrogen-bond acceptors (Lipinski definition) is 4. The largest absolute Gasteiger partial charge is 0.356 e. The molecule has 0 unspecified atom stereocenters. The average Bonchev–Trinajstić information content (AvgIpc) is 2.56. The van der Waals surface area contributed by atoms with Crippen molar-refractivity contribution in [2.24, 2.45) is 5.73 Å². The van der Waals surface area contributed by atoms with Gasteiger partial charge >= 0.3 is 0 Å². The second kappa shape index (κ2) is 13.3. The smallest absolute Gasteiger partial charge is 0.220 e. The molecule has 0 aliphatic carbocycles. The quantitative estimate of drug-likeness (QED) is 0.684. The Morgan fingerprint density at radius 3 is 2.50 bits per heavy atom. The van der Waals surface area contributed by atoms with Crippen LogP contribution < -0.4 is 16.0 Å². The third-order valence-electron chi connectivity index (χ3n) is 4.19. The van der Waals surface area contributed by atoms with Crippen LogP contribution in [0.4, 0.5) is 5.82 Å². The third kappa shape index (κ3) is 8.18. The Bertz CT molecular complexity index is 439. The number of nitrogens with one attached hydrogen (secondary N) is 1. The minimum absolute atomic E-state index is 0. The lowest BCUT2D eigenvalue weighted by atomic mass is 10.0.